The number of oxime groups is 1. The van der Waals surface area contributed by atoms with E-state index in [1.165, 1.54) is 11.0 Å². The number of aryl methyl sites for hydroxylation is 1. The van der Waals surface area contributed by atoms with Gasteiger partial charge in [0, 0.05) is 25.1 Å². The highest BCUT2D eigenvalue weighted by atomic mass is 16.4. The first-order valence-corrected chi connectivity index (χ1v) is 5.90. The highest BCUT2D eigenvalue weighted by Crippen LogP contribution is 2.19. The largest absolute Gasteiger partial charge is 0.508 e. The van der Waals surface area contributed by atoms with Crippen molar-refractivity contribution in [2.45, 2.75) is 26.3 Å². The zero-order chi connectivity index (χ0) is 14.6. The van der Waals surface area contributed by atoms with Gasteiger partial charge in [0.1, 0.15) is 11.6 Å². The van der Waals surface area contributed by atoms with Crippen LogP contribution in [0.2, 0.25) is 0 Å². The van der Waals surface area contributed by atoms with Crippen molar-refractivity contribution in [3.63, 3.8) is 0 Å². The molecular formula is C13H19N3O3. The summed E-state index contributed by atoms with van der Waals surface area (Å²) in [4.78, 5) is 13.7. The van der Waals surface area contributed by atoms with Gasteiger partial charge in [-0.2, -0.15) is 0 Å². The second-order valence-corrected chi connectivity index (χ2v) is 4.56. The molecule has 0 fully saturated rings. The number of phenolic OH excluding ortho intramolecular Hbond substituents is 1. The second kappa shape index (κ2) is 6.08. The van der Waals surface area contributed by atoms with Gasteiger partial charge in [0.05, 0.1) is 0 Å². The van der Waals surface area contributed by atoms with Gasteiger partial charge in [0.25, 0.3) is 5.91 Å². The quantitative estimate of drug-likeness (QED) is 0.330. The normalized spacial score (nSPS) is 13.1. The van der Waals surface area contributed by atoms with Crippen LogP contribution in [0.1, 0.15) is 29.3 Å². The number of phenols is 1. The molecule has 1 rings (SSSR count). The lowest BCUT2D eigenvalue weighted by Crippen LogP contribution is -2.37. The van der Waals surface area contributed by atoms with E-state index in [4.69, 9.17) is 10.9 Å². The third-order valence-electron chi connectivity index (χ3n) is 3.07. The first-order valence-electron chi connectivity index (χ1n) is 5.90. The SMILES string of the molecule is Cc1ccc(C(=O)N(C)C(C)CC(N)=NO)cc1O. The van der Waals surface area contributed by atoms with Crippen LogP contribution in [-0.2, 0) is 0 Å². The number of hydrogen-bond acceptors (Lipinski definition) is 4. The summed E-state index contributed by atoms with van der Waals surface area (Å²) < 4.78 is 0. The van der Waals surface area contributed by atoms with E-state index < -0.39 is 0 Å². The van der Waals surface area contributed by atoms with Gasteiger partial charge < -0.3 is 20.9 Å². The van der Waals surface area contributed by atoms with Gasteiger partial charge in [-0.05, 0) is 31.5 Å². The van der Waals surface area contributed by atoms with Crippen LogP contribution < -0.4 is 5.73 Å². The number of nitrogens with two attached hydrogens (primary N) is 1. The van der Waals surface area contributed by atoms with Gasteiger partial charge in [-0.25, -0.2) is 0 Å². The Balaban J connectivity index is 2.84. The minimum absolute atomic E-state index is 0.0684. The van der Waals surface area contributed by atoms with Crippen LogP contribution in [0, 0.1) is 6.92 Å². The Kier molecular flexibility index (Phi) is 4.74. The molecule has 6 heteroatoms. The molecule has 0 bridgehead atoms. The maximum absolute atomic E-state index is 12.2. The molecule has 0 aliphatic carbocycles. The number of carbonyl (C=O) groups is 1. The molecule has 0 aliphatic heterocycles. The van der Waals surface area contributed by atoms with Gasteiger partial charge in [0.2, 0.25) is 0 Å². The Labute approximate surface area is 112 Å². The minimum Gasteiger partial charge on any atom is -0.508 e. The molecule has 0 aliphatic rings. The Morgan fingerprint density at radius 2 is 2.16 bits per heavy atom. The third kappa shape index (κ3) is 3.61. The van der Waals surface area contributed by atoms with Crippen molar-refractivity contribution < 1.29 is 15.1 Å². The molecule has 104 valence electrons. The maximum atomic E-state index is 12.2. The van der Waals surface area contributed by atoms with Crippen LogP contribution >= 0.6 is 0 Å². The molecule has 1 aromatic carbocycles. The monoisotopic (exact) mass is 265 g/mol. The summed E-state index contributed by atoms with van der Waals surface area (Å²) in [6.07, 6.45) is 0.274. The number of rotatable bonds is 4. The summed E-state index contributed by atoms with van der Waals surface area (Å²) in [6, 6.07) is 4.56. The fourth-order valence-corrected chi connectivity index (χ4v) is 1.63. The molecule has 0 spiro atoms. The van der Waals surface area contributed by atoms with Crippen molar-refractivity contribution in [2.75, 3.05) is 7.05 Å². The number of amidine groups is 1. The lowest BCUT2D eigenvalue weighted by atomic mass is 10.1. The number of aromatic hydroxyl groups is 1. The minimum atomic E-state index is -0.228. The van der Waals surface area contributed by atoms with Gasteiger partial charge in [-0.1, -0.05) is 11.2 Å². The van der Waals surface area contributed by atoms with Crippen LogP contribution in [0.3, 0.4) is 0 Å². The first kappa shape index (κ1) is 14.8. The average molecular weight is 265 g/mol. The van der Waals surface area contributed by atoms with E-state index in [-0.39, 0.29) is 30.0 Å². The fourth-order valence-electron chi connectivity index (χ4n) is 1.63. The van der Waals surface area contributed by atoms with Crippen molar-refractivity contribution in [1.29, 1.82) is 0 Å². The van der Waals surface area contributed by atoms with Crippen LogP contribution in [-0.4, -0.2) is 40.0 Å². The van der Waals surface area contributed by atoms with Gasteiger partial charge in [-0.3, -0.25) is 4.79 Å². The number of hydrogen-bond donors (Lipinski definition) is 3. The van der Waals surface area contributed by atoms with E-state index in [1.54, 1.807) is 33.0 Å². The number of benzene rings is 1. The zero-order valence-corrected chi connectivity index (χ0v) is 11.3. The second-order valence-electron chi connectivity index (χ2n) is 4.56. The molecule has 0 saturated heterocycles. The third-order valence-corrected chi connectivity index (χ3v) is 3.07. The number of amides is 1. The van der Waals surface area contributed by atoms with Crippen molar-refractivity contribution >= 4 is 11.7 Å². The molecule has 0 aromatic heterocycles. The molecule has 0 saturated carbocycles. The van der Waals surface area contributed by atoms with E-state index in [0.717, 1.165) is 0 Å². The Morgan fingerprint density at radius 3 is 2.68 bits per heavy atom. The van der Waals surface area contributed by atoms with Gasteiger partial charge in [-0.15, -0.1) is 0 Å². The summed E-state index contributed by atoms with van der Waals surface area (Å²) in [5.41, 5.74) is 6.53. The predicted octanol–water partition coefficient (Wildman–Crippen LogP) is 1.30. The van der Waals surface area contributed by atoms with E-state index in [1.807, 2.05) is 0 Å². The number of nitrogens with zero attached hydrogens (tertiary/aromatic N) is 2. The summed E-state index contributed by atoms with van der Waals surface area (Å²) in [5, 5.41) is 21.0. The fraction of sp³-hybridized carbons (Fsp3) is 0.385. The van der Waals surface area contributed by atoms with Crippen molar-refractivity contribution in [2.24, 2.45) is 10.9 Å². The van der Waals surface area contributed by atoms with E-state index in [9.17, 15) is 9.90 Å². The Morgan fingerprint density at radius 1 is 1.53 bits per heavy atom. The van der Waals surface area contributed by atoms with Gasteiger partial charge in [0.15, 0.2) is 0 Å². The van der Waals surface area contributed by atoms with Crippen molar-refractivity contribution in [3.8, 4) is 5.75 Å². The summed E-state index contributed by atoms with van der Waals surface area (Å²) in [6.45, 7) is 3.55. The van der Waals surface area contributed by atoms with Crippen molar-refractivity contribution in [3.05, 3.63) is 29.3 Å². The summed E-state index contributed by atoms with van der Waals surface area (Å²) >= 11 is 0. The van der Waals surface area contributed by atoms with E-state index in [0.29, 0.717) is 11.1 Å². The molecule has 1 unspecified atom stereocenters. The maximum Gasteiger partial charge on any atom is 0.253 e. The highest BCUT2D eigenvalue weighted by molar-refractivity contribution is 5.95. The average Bonchev–Trinajstić information content (AvgIpc) is 2.39. The smallest absolute Gasteiger partial charge is 0.253 e. The molecule has 1 aromatic rings. The first-order chi connectivity index (χ1) is 8.86. The predicted molar refractivity (Wildman–Crippen MR) is 72.4 cm³/mol. The molecule has 4 N–H and O–H groups in total. The van der Waals surface area contributed by atoms with Crippen LogP contribution in [0.15, 0.2) is 23.4 Å². The van der Waals surface area contributed by atoms with Crippen molar-refractivity contribution in [1.82, 2.24) is 4.90 Å². The van der Waals surface area contributed by atoms with E-state index >= 15 is 0 Å². The Hall–Kier alpha value is -2.24. The molecule has 19 heavy (non-hydrogen) atoms. The van der Waals surface area contributed by atoms with Gasteiger partial charge >= 0.3 is 0 Å². The summed E-state index contributed by atoms with van der Waals surface area (Å²) in [5.74, 6) is -0.0734. The topological polar surface area (TPSA) is 99.2 Å². The van der Waals surface area contributed by atoms with Crippen LogP contribution in [0.5, 0.6) is 5.75 Å². The van der Waals surface area contributed by atoms with Crippen LogP contribution in [0.25, 0.3) is 0 Å². The zero-order valence-electron chi connectivity index (χ0n) is 11.3. The molecule has 0 heterocycles. The molecule has 0 radical (unpaired) electrons. The lowest BCUT2D eigenvalue weighted by molar-refractivity contribution is 0.0746. The standard InChI is InChI=1S/C13H19N3O3/c1-8-4-5-10(7-11(8)17)13(18)16(3)9(2)6-12(14)15-19/h4-5,7,9,17,19H,6H2,1-3H3,(H2,14,15). The molecular weight excluding hydrogens is 246 g/mol. The highest BCUT2D eigenvalue weighted by Gasteiger charge is 2.19. The summed E-state index contributed by atoms with van der Waals surface area (Å²) in [7, 11) is 1.63. The molecule has 6 nitrogen and oxygen atoms in total. The molecule has 1 amide bonds. The number of carbonyl (C=O) groups excluding carboxylic acids is 1. The lowest BCUT2D eigenvalue weighted by Gasteiger charge is -2.24. The van der Waals surface area contributed by atoms with E-state index in [2.05, 4.69) is 5.16 Å². The Bertz CT molecular complexity index is 500. The van der Waals surface area contributed by atoms with Crippen LogP contribution in [0.4, 0.5) is 0 Å². The molecule has 1 atom stereocenters.